The van der Waals surface area contributed by atoms with E-state index in [-0.39, 0.29) is 6.10 Å². The first-order valence-corrected chi connectivity index (χ1v) is 8.16. The van der Waals surface area contributed by atoms with E-state index in [9.17, 15) is 9.90 Å². The molecule has 0 aromatic heterocycles. The average Bonchev–Trinajstić information content (AvgIpc) is 2.67. The largest absolute Gasteiger partial charge is 0.480 e. The molecule has 1 saturated heterocycles. The van der Waals surface area contributed by atoms with Gasteiger partial charge >= 0.3 is 5.97 Å². The minimum absolute atomic E-state index is 0.0538. The van der Waals surface area contributed by atoms with E-state index < -0.39 is 11.5 Å². The summed E-state index contributed by atoms with van der Waals surface area (Å²) in [6, 6.07) is 0.361. The van der Waals surface area contributed by atoms with Gasteiger partial charge in [-0.2, -0.15) is 0 Å². The molecule has 0 radical (unpaired) electrons. The molecule has 2 aliphatic rings. The van der Waals surface area contributed by atoms with Gasteiger partial charge in [0.2, 0.25) is 0 Å². The van der Waals surface area contributed by atoms with Crippen molar-refractivity contribution < 1.29 is 14.6 Å². The van der Waals surface area contributed by atoms with Crippen LogP contribution >= 0.6 is 0 Å². The zero-order valence-corrected chi connectivity index (χ0v) is 12.9. The molecule has 4 heteroatoms. The minimum Gasteiger partial charge on any atom is -0.480 e. The lowest BCUT2D eigenvalue weighted by Gasteiger charge is -2.42. The molecule has 0 aromatic carbocycles. The Morgan fingerprint density at radius 2 is 1.90 bits per heavy atom. The van der Waals surface area contributed by atoms with Crippen LogP contribution in [0.4, 0.5) is 0 Å². The van der Waals surface area contributed by atoms with Crippen molar-refractivity contribution in [3.8, 4) is 0 Å². The van der Waals surface area contributed by atoms with E-state index in [1.807, 2.05) is 0 Å². The maximum Gasteiger partial charge on any atom is 0.324 e. The van der Waals surface area contributed by atoms with Crippen LogP contribution < -0.4 is 5.32 Å². The van der Waals surface area contributed by atoms with Crippen LogP contribution in [0.5, 0.6) is 0 Å². The Bertz CT molecular complexity index is 324. The molecule has 4 nitrogen and oxygen atoms in total. The fourth-order valence-corrected chi connectivity index (χ4v) is 3.52. The number of carboxylic acids is 1. The third kappa shape index (κ3) is 3.73. The van der Waals surface area contributed by atoms with Gasteiger partial charge in [0.25, 0.3) is 0 Å². The average molecular weight is 283 g/mol. The van der Waals surface area contributed by atoms with E-state index in [0.29, 0.717) is 31.4 Å². The highest BCUT2D eigenvalue weighted by Crippen LogP contribution is 2.31. The number of aliphatic carboxylic acids is 1. The van der Waals surface area contributed by atoms with Crippen molar-refractivity contribution in [3.05, 3.63) is 0 Å². The molecule has 2 fully saturated rings. The van der Waals surface area contributed by atoms with Gasteiger partial charge in [-0.05, 0) is 25.2 Å². The molecule has 2 unspecified atom stereocenters. The highest BCUT2D eigenvalue weighted by Gasteiger charge is 2.45. The van der Waals surface area contributed by atoms with Crippen LogP contribution in [0.1, 0.15) is 65.2 Å². The summed E-state index contributed by atoms with van der Waals surface area (Å²) in [6.07, 6.45) is 8.47. The van der Waals surface area contributed by atoms with Crippen molar-refractivity contribution >= 4 is 5.97 Å². The number of hydrogen-bond acceptors (Lipinski definition) is 3. The molecule has 2 atom stereocenters. The van der Waals surface area contributed by atoms with Crippen LogP contribution in [0.15, 0.2) is 0 Å². The summed E-state index contributed by atoms with van der Waals surface area (Å²) in [4.78, 5) is 11.9. The Morgan fingerprint density at radius 1 is 1.25 bits per heavy atom. The normalized spacial score (nSPS) is 33.0. The fourth-order valence-electron chi connectivity index (χ4n) is 3.52. The summed E-state index contributed by atoms with van der Waals surface area (Å²) in [5.74, 6) is -0.333. The minimum atomic E-state index is -0.776. The monoisotopic (exact) mass is 283 g/mol. The maximum absolute atomic E-state index is 11.9. The number of hydrogen-bond donors (Lipinski definition) is 2. The van der Waals surface area contributed by atoms with Crippen molar-refractivity contribution in [2.24, 2.45) is 5.92 Å². The third-order valence-corrected chi connectivity index (χ3v) is 4.90. The van der Waals surface area contributed by atoms with E-state index in [2.05, 4.69) is 19.2 Å². The molecule has 1 saturated carbocycles. The quantitative estimate of drug-likeness (QED) is 0.779. The van der Waals surface area contributed by atoms with E-state index in [0.717, 1.165) is 12.8 Å². The van der Waals surface area contributed by atoms with Crippen LogP contribution in [0.2, 0.25) is 0 Å². The highest BCUT2D eigenvalue weighted by molar-refractivity contribution is 5.79. The van der Waals surface area contributed by atoms with Crippen LogP contribution in [-0.4, -0.2) is 35.4 Å². The molecule has 1 aliphatic heterocycles. The molecule has 0 spiro atoms. The predicted octanol–water partition coefficient (Wildman–Crippen LogP) is 2.96. The highest BCUT2D eigenvalue weighted by atomic mass is 16.5. The molecule has 0 aromatic rings. The molecule has 2 rings (SSSR count). The first-order valence-electron chi connectivity index (χ1n) is 8.16. The standard InChI is InChI=1S/C16H29NO3/c1-12(2)14-11-16(15(18)19,9-10-20-14)17-13-7-5-3-4-6-8-13/h12-14,17H,3-11H2,1-2H3,(H,18,19). The number of carboxylic acid groups (broad SMARTS) is 1. The van der Waals surface area contributed by atoms with Gasteiger partial charge in [0.05, 0.1) is 6.10 Å². The second-order valence-electron chi connectivity index (χ2n) is 6.83. The first-order chi connectivity index (χ1) is 9.53. The third-order valence-electron chi connectivity index (χ3n) is 4.90. The van der Waals surface area contributed by atoms with Crippen molar-refractivity contribution in [1.29, 1.82) is 0 Å². The van der Waals surface area contributed by atoms with Crippen LogP contribution in [0, 0.1) is 5.92 Å². The van der Waals surface area contributed by atoms with E-state index in [1.54, 1.807) is 0 Å². The molecule has 0 amide bonds. The van der Waals surface area contributed by atoms with Crippen LogP contribution in [0.25, 0.3) is 0 Å². The van der Waals surface area contributed by atoms with Crippen LogP contribution in [0.3, 0.4) is 0 Å². The molecule has 1 heterocycles. The van der Waals surface area contributed by atoms with Gasteiger partial charge in [-0.3, -0.25) is 10.1 Å². The lowest BCUT2D eigenvalue weighted by atomic mass is 9.82. The molecular formula is C16H29NO3. The van der Waals surface area contributed by atoms with Gasteiger partial charge in [0.15, 0.2) is 0 Å². The van der Waals surface area contributed by atoms with Gasteiger partial charge < -0.3 is 9.84 Å². The maximum atomic E-state index is 11.9. The Balaban J connectivity index is 2.06. The number of ether oxygens (including phenoxy) is 1. The Kier molecular flexibility index (Phi) is 5.44. The Hall–Kier alpha value is -0.610. The summed E-state index contributed by atoms with van der Waals surface area (Å²) in [7, 11) is 0. The summed E-state index contributed by atoms with van der Waals surface area (Å²) in [5.41, 5.74) is -0.776. The molecular weight excluding hydrogens is 254 g/mol. The molecule has 2 N–H and O–H groups in total. The molecule has 20 heavy (non-hydrogen) atoms. The van der Waals surface area contributed by atoms with Crippen molar-refractivity contribution in [1.82, 2.24) is 5.32 Å². The smallest absolute Gasteiger partial charge is 0.324 e. The van der Waals surface area contributed by atoms with Crippen molar-refractivity contribution in [2.45, 2.75) is 82.9 Å². The van der Waals surface area contributed by atoms with Gasteiger partial charge in [-0.1, -0.05) is 39.5 Å². The van der Waals surface area contributed by atoms with E-state index in [1.165, 1.54) is 25.7 Å². The SMILES string of the molecule is CC(C)C1CC(NC2CCCCCC2)(C(=O)O)CCO1. The topological polar surface area (TPSA) is 58.6 Å². The van der Waals surface area contributed by atoms with Crippen molar-refractivity contribution in [3.63, 3.8) is 0 Å². The van der Waals surface area contributed by atoms with Gasteiger partial charge in [-0.25, -0.2) is 0 Å². The number of carbonyl (C=O) groups is 1. The second-order valence-corrected chi connectivity index (χ2v) is 6.83. The predicted molar refractivity (Wildman–Crippen MR) is 78.8 cm³/mol. The molecule has 116 valence electrons. The Morgan fingerprint density at radius 3 is 2.45 bits per heavy atom. The number of nitrogens with one attached hydrogen (secondary N) is 1. The lowest BCUT2D eigenvalue weighted by molar-refractivity contribution is -0.154. The zero-order chi connectivity index (χ0) is 14.6. The molecule has 1 aliphatic carbocycles. The van der Waals surface area contributed by atoms with Gasteiger partial charge in [0, 0.05) is 19.1 Å². The van der Waals surface area contributed by atoms with Crippen LogP contribution in [-0.2, 0) is 9.53 Å². The van der Waals surface area contributed by atoms with Gasteiger partial charge in [-0.15, -0.1) is 0 Å². The first kappa shape index (κ1) is 15.8. The lowest BCUT2D eigenvalue weighted by Crippen LogP contribution is -2.60. The Labute approximate surface area is 122 Å². The van der Waals surface area contributed by atoms with Crippen molar-refractivity contribution in [2.75, 3.05) is 6.61 Å². The summed E-state index contributed by atoms with van der Waals surface area (Å²) in [6.45, 7) is 4.76. The van der Waals surface area contributed by atoms with E-state index >= 15 is 0 Å². The molecule has 0 bridgehead atoms. The zero-order valence-electron chi connectivity index (χ0n) is 12.9. The van der Waals surface area contributed by atoms with Gasteiger partial charge in [0.1, 0.15) is 5.54 Å². The number of rotatable bonds is 4. The van der Waals surface area contributed by atoms with E-state index in [4.69, 9.17) is 4.74 Å². The fraction of sp³-hybridized carbons (Fsp3) is 0.938. The summed E-state index contributed by atoms with van der Waals surface area (Å²) < 4.78 is 5.76. The summed E-state index contributed by atoms with van der Waals surface area (Å²) in [5, 5.41) is 13.3. The second kappa shape index (κ2) is 6.90. The summed E-state index contributed by atoms with van der Waals surface area (Å²) >= 11 is 0.